The molecule has 2 atom stereocenters. The molecular weight excluding hydrogens is 281 g/mol. The summed E-state index contributed by atoms with van der Waals surface area (Å²) in [6, 6.07) is 2.84. The minimum atomic E-state index is -1.41. The summed E-state index contributed by atoms with van der Waals surface area (Å²) >= 11 is 11.5. The molecule has 0 aromatic heterocycles. The molecule has 1 amide bonds. The van der Waals surface area contributed by atoms with Gasteiger partial charge in [0, 0.05) is 5.02 Å². The molecular formula is C11H11Cl2NO4. The van der Waals surface area contributed by atoms with Crippen LogP contribution in [0.3, 0.4) is 0 Å². The summed E-state index contributed by atoms with van der Waals surface area (Å²) in [6.45, 7) is 1.26. The number of aliphatic carboxylic acids is 1. The molecule has 0 heterocycles. The highest BCUT2D eigenvalue weighted by molar-refractivity contribution is 6.35. The first kappa shape index (κ1) is 14.8. The lowest BCUT2D eigenvalue weighted by molar-refractivity contribution is -0.141. The van der Waals surface area contributed by atoms with Crippen molar-refractivity contribution in [2.45, 2.75) is 19.1 Å². The van der Waals surface area contributed by atoms with E-state index in [0.29, 0.717) is 5.02 Å². The number of carbonyl (C=O) groups excluding carboxylic acids is 1. The number of nitrogens with one attached hydrogen (secondary N) is 1. The molecule has 0 unspecified atom stereocenters. The summed E-state index contributed by atoms with van der Waals surface area (Å²) in [7, 11) is 0. The van der Waals surface area contributed by atoms with E-state index in [4.69, 9.17) is 28.3 Å². The van der Waals surface area contributed by atoms with Crippen molar-refractivity contribution in [3.05, 3.63) is 33.8 Å². The van der Waals surface area contributed by atoms with Crippen LogP contribution in [0.15, 0.2) is 18.2 Å². The van der Waals surface area contributed by atoms with E-state index in [-0.39, 0.29) is 10.6 Å². The van der Waals surface area contributed by atoms with Crippen LogP contribution in [-0.2, 0) is 4.79 Å². The number of halogens is 2. The van der Waals surface area contributed by atoms with E-state index in [0.717, 1.165) is 0 Å². The van der Waals surface area contributed by atoms with E-state index < -0.39 is 24.0 Å². The highest BCUT2D eigenvalue weighted by atomic mass is 35.5. The maximum Gasteiger partial charge on any atom is 0.328 e. The van der Waals surface area contributed by atoms with Gasteiger partial charge in [-0.3, -0.25) is 4.79 Å². The minimum absolute atomic E-state index is 0.0519. The van der Waals surface area contributed by atoms with Crippen molar-refractivity contribution in [2.24, 2.45) is 0 Å². The minimum Gasteiger partial charge on any atom is -0.480 e. The van der Waals surface area contributed by atoms with Crippen LogP contribution < -0.4 is 5.32 Å². The maximum atomic E-state index is 11.8. The van der Waals surface area contributed by atoms with Crippen molar-refractivity contribution in [1.29, 1.82) is 0 Å². The third-order valence-electron chi connectivity index (χ3n) is 2.21. The van der Waals surface area contributed by atoms with Crippen molar-refractivity contribution in [2.75, 3.05) is 0 Å². The lowest BCUT2D eigenvalue weighted by Crippen LogP contribution is -2.47. The average Bonchev–Trinajstić information content (AvgIpc) is 2.28. The molecule has 1 aromatic carbocycles. The molecule has 0 fully saturated rings. The molecule has 0 aliphatic rings. The van der Waals surface area contributed by atoms with Crippen molar-refractivity contribution < 1.29 is 19.8 Å². The molecule has 1 aromatic rings. The number of carboxylic acid groups (broad SMARTS) is 1. The van der Waals surface area contributed by atoms with E-state index in [1.54, 1.807) is 0 Å². The Morgan fingerprint density at radius 2 is 1.94 bits per heavy atom. The molecule has 0 aliphatic carbocycles. The Labute approximate surface area is 113 Å². The van der Waals surface area contributed by atoms with Crippen LogP contribution in [0.4, 0.5) is 0 Å². The van der Waals surface area contributed by atoms with E-state index in [9.17, 15) is 14.7 Å². The fourth-order valence-electron chi connectivity index (χ4n) is 1.28. The Balaban J connectivity index is 2.94. The summed E-state index contributed by atoms with van der Waals surface area (Å²) in [6.07, 6.45) is -1.23. The van der Waals surface area contributed by atoms with Crippen LogP contribution in [0.5, 0.6) is 0 Å². The zero-order valence-corrected chi connectivity index (χ0v) is 10.9. The van der Waals surface area contributed by atoms with Crippen molar-refractivity contribution in [3.63, 3.8) is 0 Å². The number of aliphatic hydroxyl groups excluding tert-OH is 1. The van der Waals surface area contributed by atoms with Crippen LogP contribution in [0, 0.1) is 0 Å². The average molecular weight is 292 g/mol. The largest absolute Gasteiger partial charge is 0.480 e. The highest BCUT2D eigenvalue weighted by Crippen LogP contribution is 2.20. The number of amides is 1. The van der Waals surface area contributed by atoms with Crippen LogP contribution in [0.2, 0.25) is 10.0 Å². The first-order chi connectivity index (χ1) is 8.32. The normalized spacial score (nSPS) is 13.8. The van der Waals surface area contributed by atoms with Gasteiger partial charge in [0.05, 0.1) is 16.7 Å². The van der Waals surface area contributed by atoms with E-state index in [1.165, 1.54) is 25.1 Å². The van der Waals surface area contributed by atoms with Crippen LogP contribution in [0.25, 0.3) is 0 Å². The SMILES string of the molecule is C[C@@H](O)[C@@H](NC(=O)c1cc(Cl)ccc1Cl)C(=O)O. The number of hydrogen-bond acceptors (Lipinski definition) is 3. The Hall–Kier alpha value is -1.30. The Morgan fingerprint density at radius 1 is 1.33 bits per heavy atom. The Morgan fingerprint density at radius 3 is 2.44 bits per heavy atom. The number of rotatable bonds is 4. The maximum absolute atomic E-state index is 11.8. The van der Waals surface area contributed by atoms with Crippen LogP contribution in [-0.4, -0.2) is 34.2 Å². The fourth-order valence-corrected chi connectivity index (χ4v) is 1.65. The second kappa shape index (κ2) is 6.04. The van der Waals surface area contributed by atoms with Crippen LogP contribution >= 0.6 is 23.2 Å². The fraction of sp³-hybridized carbons (Fsp3) is 0.273. The van der Waals surface area contributed by atoms with E-state index >= 15 is 0 Å². The molecule has 1 rings (SSSR count). The predicted molar refractivity (Wildman–Crippen MR) is 67.0 cm³/mol. The third-order valence-corrected chi connectivity index (χ3v) is 2.77. The molecule has 0 bridgehead atoms. The third kappa shape index (κ3) is 3.60. The summed E-state index contributed by atoms with van der Waals surface area (Å²) in [5.41, 5.74) is 0.0519. The second-order valence-corrected chi connectivity index (χ2v) is 4.50. The topological polar surface area (TPSA) is 86.6 Å². The molecule has 98 valence electrons. The number of benzene rings is 1. The molecule has 7 heteroatoms. The van der Waals surface area contributed by atoms with Gasteiger partial charge in [-0.05, 0) is 25.1 Å². The monoisotopic (exact) mass is 291 g/mol. The van der Waals surface area contributed by atoms with Gasteiger partial charge in [0.15, 0.2) is 6.04 Å². The summed E-state index contributed by atoms with van der Waals surface area (Å²) < 4.78 is 0. The summed E-state index contributed by atoms with van der Waals surface area (Å²) in [4.78, 5) is 22.6. The zero-order chi connectivity index (χ0) is 13.9. The molecule has 0 aliphatic heterocycles. The number of carboxylic acids is 1. The molecule has 3 N–H and O–H groups in total. The zero-order valence-electron chi connectivity index (χ0n) is 9.35. The smallest absolute Gasteiger partial charge is 0.328 e. The molecule has 0 radical (unpaired) electrons. The van der Waals surface area contributed by atoms with Gasteiger partial charge in [0.2, 0.25) is 0 Å². The van der Waals surface area contributed by atoms with Gasteiger partial charge in [-0.2, -0.15) is 0 Å². The molecule has 0 spiro atoms. The van der Waals surface area contributed by atoms with Crippen molar-refractivity contribution in [3.8, 4) is 0 Å². The Kier molecular flexibility index (Phi) is 4.95. The van der Waals surface area contributed by atoms with Gasteiger partial charge < -0.3 is 15.5 Å². The number of aliphatic hydroxyl groups is 1. The molecule has 0 saturated carbocycles. The quantitative estimate of drug-likeness (QED) is 0.786. The highest BCUT2D eigenvalue weighted by Gasteiger charge is 2.26. The first-order valence-electron chi connectivity index (χ1n) is 4.99. The first-order valence-corrected chi connectivity index (χ1v) is 5.75. The summed E-state index contributed by atoms with van der Waals surface area (Å²) in [5, 5.41) is 20.7. The van der Waals surface area contributed by atoms with E-state index in [2.05, 4.69) is 5.32 Å². The van der Waals surface area contributed by atoms with Gasteiger partial charge >= 0.3 is 5.97 Å². The second-order valence-electron chi connectivity index (χ2n) is 3.65. The number of hydrogen-bond donors (Lipinski definition) is 3. The summed E-state index contributed by atoms with van der Waals surface area (Å²) in [5.74, 6) is -2.05. The van der Waals surface area contributed by atoms with Gasteiger partial charge in [-0.1, -0.05) is 23.2 Å². The van der Waals surface area contributed by atoms with E-state index in [1.807, 2.05) is 0 Å². The Bertz CT molecular complexity index is 476. The molecule has 5 nitrogen and oxygen atoms in total. The van der Waals surface area contributed by atoms with Crippen LogP contribution in [0.1, 0.15) is 17.3 Å². The van der Waals surface area contributed by atoms with Crippen molar-refractivity contribution >= 4 is 35.1 Å². The standard InChI is InChI=1S/C11H11Cl2NO4/c1-5(15)9(11(17)18)14-10(16)7-4-6(12)2-3-8(7)13/h2-5,9,15H,1H3,(H,14,16)(H,17,18)/t5-,9-/m1/s1. The van der Waals surface area contributed by atoms with Gasteiger partial charge in [0.25, 0.3) is 5.91 Å². The molecule has 18 heavy (non-hydrogen) atoms. The molecule has 0 saturated heterocycles. The van der Waals surface area contributed by atoms with Gasteiger partial charge in [0.1, 0.15) is 0 Å². The predicted octanol–water partition coefficient (Wildman–Crippen LogP) is 1.56. The lowest BCUT2D eigenvalue weighted by atomic mass is 10.1. The lowest BCUT2D eigenvalue weighted by Gasteiger charge is -2.17. The van der Waals surface area contributed by atoms with Crippen molar-refractivity contribution in [1.82, 2.24) is 5.32 Å². The van der Waals surface area contributed by atoms with Gasteiger partial charge in [-0.15, -0.1) is 0 Å². The van der Waals surface area contributed by atoms with Gasteiger partial charge in [-0.25, -0.2) is 4.79 Å². The number of carbonyl (C=O) groups is 2.